The first-order valence-electron chi connectivity index (χ1n) is 4.66. The molecular weight excluding hydrogens is 178 g/mol. The lowest BCUT2D eigenvalue weighted by Crippen LogP contribution is -2.41. The number of amides is 1. The van der Waals surface area contributed by atoms with Gasteiger partial charge in [-0.1, -0.05) is 0 Å². The zero-order valence-electron chi connectivity index (χ0n) is 8.12. The van der Waals surface area contributed by atoms with Gasteiger partial charge in [-0.15, -0.1) is 0 Å². The van der Waals surface area contributed by atoms with Gasteiger partial charge in [-0.3, -0.25) is 4.79 Å². The van der Waals surface area contributed by atoms with Crippen molar-refractivity contribution in [2.75, 3.05) is 20.2 Å². The zero-order valence-corrected chi connectivity index (χ0v) is 8.12. The molecule has 1 aliphatic rings. The van der Waals surface area contributed by atoms with Gasteiger partial charge in [0.25, 0.3) is 5.91 Å². The van der Waals surface area contributed by atoms with E-state index in [1.54, 1.807) is 25.3 Å². The van der Waals surface area contributed by atoms with E-state index in [2.05, 4.69) is 6.07 Å². The van der Waals surface area contributed by atoms with Gasteiger partial charge in [-0.2, -0.15) is 0 Å². The van der Waals surface area contributed by atoms with E-state index in [0.29, 0.717) is 11.3 Å². The van der Waals surface area contributed by atoms with E-state index in [9.17, 15) is 4.79 Å². The summed E-state index contributed by atoms with van der Waals surface area (Å²) >= 11 is 0. The van der Waals surface area contributed by atoms with Crippen LogP contribution >= 0.6 is 0 Å². The van der Waals surface area contributed by atoms with E-state index < -0.39 is 0 Å². The van der Waals surface area contributed by atoms with E-state index in [1.165, 1.54) is 0 Å². The van der Waals surface area contributed by atoms with Crippen molar-refractivity contribution >= 4 is 5.91 Å². The number of carbonyl (C=O) groups is 1. The highest BCUT2D eigenvalue weighted by Crippen LogP contribution is 2.15. The van der Waals surface area contributed by atoms with Crippen LogP contribution in [0.1, 0.15) is 16.8 Å². The van der Waals surface area contributed by atoms with Gasteiger partial charge in [0.2, 0.25) is 0 Å². The van der Waals surface area contributed by atoms with Crippen LogP contribution < -0.4 is 4.74 Å². The third-order valence-electron chi connectivity index (χ3n) is 2.39. The molecule has 1 heterocycles. The fourth-order valence-corrected chi connectivity index (χ4v) is 1.37. The van der Waals surface area contributed by atoms with Crippen LogP contribution in [0.15, 0.2) is 18.2 Å². The molecule has 1 fully saturated rings. The maximum Gasteiger partial charge on any atom is 0.253 e. The summed E-state index contributed by atoms with van der Waals surface area (Å²) < 4.78 is 4.97. The third-order valence-corrected chi connectivity index (χ3v) is 2.39. The summed E-state index contributed by atoms with van der Waals surface area (Å²) in [6, 6.07) is 8.11. The molecule has 0 bridgehead atoms. The second kappa shape index (κ2) is 3.70. The molecule has 1 amide bonds. The van der Waals surface area contributed by atoms with Gasteiger partial charge >= 0.3 is 0 Å². The molecule has 1 aliphatic heterocycles. The first kappa shape index (κ1) is 9.06. The molecule has 2 rings (SSSR count). The summed E-state index contributed by atoms with van der Waals surface area (Å²) in [6.07, 6.45) is 1.12. The Kier molecular flexibility index (Phi) is 2.39. The molecule has 0 aliphatic carbocycles. The fourth-order valence-electron chi connectivity index (χ4n) is 1.37. The Morgan fingerprint density at radius 2 is 2.29 bits per heavy atom. The van der Waals surface area contributed by atoms with Gasteiger partial charge in [0.15, 0.2) is 0 Å². The van der Waals surface area contributed by atoms with Crippen molar-refractivity contribution in [2.24, 2.45) is 0 Å². The van der Waals surface area contributed by atoms with Crippen LogP contribution in [0.5, 0.6) is 5.75 Å². The molecule has 3 nitrogen and oxygen atoms in total. The van der Waals surface area contributed by atoms with Gasteiger partial charge in [0.1, 0.15) is 5.75 Å². The molecule has 0 atom stereocenters. The number of likely N-dealkylation sites (tertiary alicyclic amines) is 1. The number of nitrogens with zero attached hydrogens (tertiary/aromatic N) is 1. The highest BCUT2D eigenvalue weighted by atomic mass is 16.5. The lowest BCUT2D eigenvalue weighted by Gasteiger charge is -2.30. The van der Waals surface area contributed by atoms with Crippen LogP contribution in [0.3, 0.4) is 0 Å². The van der Waals surface area contributed by atoms with Crippen molar-refractivity contribution < 1.29 is 9.53 Å². The van der Waals surface area contributed by atoms with Gasteiger partial charge < -0.3 is 9.64 Å². The summed E-state index contributed by atoms with van der Waals surface area (Å²) in [5, 5.41) is 0. The summed E-state index contributed by atoms with van der Waals surface area (Å²) in [7, 11) is 1.59. The molecular formula is C11H12NO2. The maximum atomic E-state index is 11.7. The minimum Gasteiger partial charge on any atom is -0.496 e. The minimum absolute atomic E-state index is 0.0927. The summed E-state index contributed by atoms with van der Waals surface area (Å²) in [4.78, 5) is 13.5. The molecule has 1 saturated heterocycles. The zero-order chi connectivity index (χ0) is 9.97. The Balaban J connectivity index is 2.11. The van der Waals surface area contributed by atoms with Crippen molar-refractivity contribution in [3.63, 3.8) is 0 Å². The second-order valence-corrected chi connectivity index (χ2v) is 3.29. The molecule has 0 saturated carbocycles. The fraction of sp³-hybridized carbons (Fsp3) is 0.364. The Labute approximate surface area is 83.3 Å². The lowest BCUT2D eigenvalue weighted by atomic mass is 10.1. The molecule has 1 radical (unpaired) electrons. The molecule has 0 spiro atoms. The highest BCUT2D eigenvalue weighted by Gasteiger charge is 2.21. The predicted octanol–water partition coefficient (Wildman–Crippen LogP) is 1.34. The topological polar surface area (TPSA) is 29.5 Å². The van der Waals surface area contributed by atoms with Crippen LogP contribution in [0.4, 0.5) is 0 Å². The molecule has 1 aromatic rings. The number of rotatable bonds is 2. The van der Waals surface area contributed by atoms with E-state index in [-0.39, 0.29) is 5.91 Å². The predicted molar refractivity (Wildman–Crippen MR) is 52.4 cm³/mol. The van der Waals surface area contributed by atoms with Crippen LogP contribution in [-0.4, -0.2) is 31.0 Å². The molecule has 1 aromatic carbocycles. The van der Waals surface area contributed by atoms with Crippen LogP contribution in [0, 0.1) is 6.07 Å². The number of benzene rings is 1. The molecule has 3 heteroatoms. The van der Waals surface area contributed by atoms with Crippen molar-refractivity contribution in [1.29, 1.82) is 0 Å². The maximum absolute atomic E-state index is 11.7. The van der Waals surface area contributed by atoms with Crippen molar-refractivity contribution in [2.45, 2.75) is 6.42 Å². The molecule has 0 unspecified atom stereocenters. The van der Waals surface area contributed by atoms with Gasteiger partial charge in [-0.05, 0) is 24.6 Å². The van der Waals surface area contributed by atoms with E-state index >= 15 is 0 Å². The van der Waals surface area contributed by atoms with Crippen LogP contribution in [0.25, 0.3) is 0 Å². The highest BCUT2D eigenvalue weighted by molar-refractivity contribution is 5.94. The lowest BCUT2D eigenvalue weighted by molar-refractivity contribution is 0.0652. The molecule has 0 aromatic heterocycles. The summed E-state index contributed by atoms with van der Waals surface area (Å²) in [6.45, 7) is 1.76. The first-order valence-corrected chi connectivity index (χ1v) is 4.66. The minimum atomic E-state index is 0.0927. The normalized spacial score (nSPS) is 14.8. The quantitative estimate of drug-likeness (QED) is 0.704. The van der Waals surface area contributed by atoms with E-state index in [0.717, 1.165) is 19.5 Å². The van der Waals surface area contributed by atoms with Crippen LogP contribution in [-0.2, 0) is 0 Å². The Bertz CT molecular complexity index is 328. The Morgan fingerprint density at radius 3 is 2.71 bits per heavy atom. The van der Waals surface area contributed by atoms with E-state index in [1.807, 2.05) is 4.90 Å². The van der Waals surface area contributed by atoms with Gasteiger partial charge in [0.05, 0.1) is 7.11 Å². The molecule has 0 N–H and O–H groups in total. The van der Waals surface area contributed by atoms with Gasteiger partial charge in [-0.25, -0.2) is 0 Å². The number of methoxy groups -OCH3 is 1. The van der Waals surface area contributed by atoms with Crippen molar-refractivity contribution in [1.82, 2.24) is 4.90 Å². The smallest absolute Gasteiger partial charge is 0.253 e. The number of hydrogen-bond donors (Lipinski definition) is 0. The largest absolute Gasteiger partial charge is 0.496 e. The summed E-state index contributed by atoms with van der Waals surface area (Å²) in [5.41, 5.74) is 0.686. The summed E-state index contributed by atoms with van der Waals surface area (Å²) in [5.74, 6) is 0.750. The van der Waals surface area contributed by atoms with Crippen LogP contribution in [0.2, 0.25) is 0 Å². The molecule has 73 valence electrons. The monoisotopic (exact) mass is 190 g/mol. The molecule has 14 heavy (non-hydrogen) atoms. The first-order chi connectivity index (χ1) is 6.81. The Morgan fingerprint density at radius 1 is 1.50 bits per heavy atom. The van der Waals surface area contributed by atoms with Gasteiger partial charge in [0, 0.05) is 24.7 Å². The third kappa shape index (κ3) is 1.58. The second-order valence-electron chi connectivity index (χ2n) is 3.29. The number of carbonyl (C=O) groups excluding carboxylic acids is 1. The standard InChI is InChI=1S/C11H12NO2/c1-14-10-5-3-9(4-6-10)11(13)12-7-2-8-12/h3-5H,2,7-8H2,1H3. The average Bonchev–Trinajstić information content (AvgIpc) is 2.15. The number of hydrogen-bond acceptors (Lipinski definition) is 2. The van der Waals surface area contributed by atoms with Crippen molar-refractivity contribution in [3.05, 3.63) is 29.8 Å². The number of ether oxygens (including phenoxy) is 1. The Hall–Kier alpha value is -1.51. The SMILES string of the molecule is COc1[c]cc(C(=O)N2CCC2)cc1. The van der Waals surface area contributed by atoms with Crippen molar-refractivity contribution in [3.8, 4) is 5.75 Å². The average molecular weight is 190 g/mol. The van der Waals surface area contributed by atoms with E-state index in [4.69, 9.17) is 4.74 Å².